The minimum Gasteiger partial charge on any atom is -0.490 e. The third-order valence-electron chi connectivity index (χ3n) is 3.04. The molecule has 1 rings (SSSR count). The maximum Gasteiger partial charge on any atom is 0.323 e. The molecule has 1 aromatic carbocycles. The lowest BCUT2D eigenvalue weighted by atomic mass is 10.3. The van der Waals surface area contributed by atoms with Gasteiger partial charge in [0.2, 0.25) is 15.9 Å². The summed E-state index contributed by atoms with van der Waals surface area (Å²) in [5, 5.41) is 8.63. The summed E-state index contributed by atoms with van der Waals surface area (Å²) in [6.45, 7) is 3.21. The van der Waals surface area contributed by atoms with Crippen molar-refractivity contribution in [3.63, 3.8) is 0 Å². The average Bonchev–Trinajstić information content (AvgIpc) is 2.54. The van der Waals surface area contributed by atoms with Crippen LogP contribution in [-0.2, 0) is 19.6 Å². The number of hydrogen-bond donors (Lipinski definition) is 2. The number of likely N-dealkylation sites (N-methyl/N-ethyl adjacent to an activating group) is 1. The van der Waals surface area contributed by atoms with Gasteiger partial charge in [0.15, 0.2) is 11.5 Å². The fourth-order valence-corrected chi connectivity index (χ4v) is 2.85. The second-order valence-corrected chi connectivity index (χ2v) is 6.71. The lowest BCUT2D eigenvalue weighted by molar-refractivity contribution is -0.143. The Hall–Kier alpha value is -2.33. The van der Waals surface area contributed by atoms with Gasteiger partial charge in [0.05, 0.1) is 24.7 Å². The largest absolute Gasteiger partial charge is 0.490 e. The van der Waals surface area contributed by atoms with Gasteiger partial charge >= 0.3 is 5.97 Å². The zero-order chi connectivity index (χ0) is 19.0. The lowest BCUT2D eigenvalue weighted by Gasteiger charge is -2.16. The standard InChI is InChI=1S/C15H22N2O7S/c1-4-23-12-7-6-11(8-13(12)24-5-2)25(21,22)16-9-14(18)17(3)10-15(19)20/h6-8,16H,4-5,9-10H2,1-3H3,(H,19,20). The molecule has 0 fully saturated rings. The van der Waals surface area contributed by atoms with Gasteiger partial charge in [-0.05, 0) is 26.0 Å². The molecule has 0 heterocycles. The molecule has 1 amide bonds. The molecule has 2 N–H and O–H groups in total. The first-order valence-electron chi connectivity index (χ1n) is 7.56. The smallest absolute Gasteiger partial charge is 0.323 e. The molecule has 0 radical (unpaired) electrons. The van der Waals surface area contributed by atoms with Crippen LogP contribution >= 0.6 is 0 Å². The lowest BCUT2D eigenvalue weighted by Crippen LogP contribution is -2.40. The van der Waals surface area contributed by atoms with Gasteiger partial charge in [0.25, 0.3) is 0 Å². The number of sulfonamides is 1. The molecule has 0 saturated heterocycles. The van der Waals surface area contributed by atoms with Crippen molar-refractivity contribution in [2.24, 2.45) is 0 Å². The molecular weight excluding hydrogens is 352 g/mol. The van der Waals surface area contributed by atoms with Crippen LogP contribution in [0.15, 0.2) is 23.1 Å². The molecule has 0 aromatic heterocycles. The summed E-state index contributed by atoms with van der Waals surface area (Å²) < 4.78 is 37.5. The Bertz CT molecular complexity index is 719. The average molecular weight is 374 g/mol. The van der Waals surface area contributed by atoms with Gasteiger partial charge in [-0.2, -0.15) is 0 Å². The molecule has 25 heavy (non-hydrogen) atoms. The molecule has 9 nitrogen and oxygen atoms in total. The molecular formula is C15H22N2O7S. The van der Waals surface area contributed by atoms with Crippen LogP contribution < -0.4 is 14.2 Å². The van der Waals surface area contributed by atoms with E-state index in [9.17, 15) is 18.0 Å². The Kier molecular flexibility index (Phi) is 7.65. The summed E-state index contributed by atoms with van der Waals surface area (Å²) in [5.41, 5.74) is 0. The van der Waals surface area contributed by atoms with Gasteiger partial charge in [0, 0.05) is 13.1 Å². The van der Waals surface area contributed by atoms with Gasteiger partial charge in [-0.25, -0.2) is 13.1 Å². The van der Waals surface area contributed by atoms with Crippen LogP contribution in [0.1, 0.15) is 13.8 Å². The summed E-state index contributed by atoms with van der Waals surface area (Å²) in [6.07, 6.45) is 0. The van der Waals surface area contributed by atoms with Crippen molar-refractivity contribution in [1.29, 1.82) is 0 Å². The van der Waals surface area contributed by atoms with Crippen molar-refractivity contribution in [2.45, 2.75) is 18.7 Å². The van der Waals surface area contributed by atoms with E-state index in [2.05, 4.69) is 4.72 Å². The monoisotopic (exact) mass is 374 g/mol. The summed E-state index contributed by atoms with van der Waals surface area (Å²) in [6, 6.07) is 4.12. The van der Waals surface area contributed by atoms with Gasteiger partial charge in [-0.15, -0.1) is 0 Å². The van der Waals surface area contributed by atoms with Crippen molar-refractivity contribution < 1.29 is 32.6 Å². The van der Waals surface area contributed by atoms with Crippen LogP contribution in [0, 0.1) is 0 Å². The highest BCUT2D eigenvalue weighted by molar-refractivity contribution is 7.89. The number of hydrogen-bond acceptors (Lipinski definition) is 6. The molecule has 10 heteroatoms. The Balaban J connectivity index is 2.89. The van der Waals surface area contributed by atoms with Gasteiger partial charge < -0.3 is 19.5 Å². The van der Waals surface area contributed by atoms with E-state index in [1.54, 1.807) is 13.8 Å². The molecule has 0 unspecified atom stereocenters. The van der Waals surface area contributed by atoms with Crippen LogP contribution in [0.3, 0.4) is 0 Å². The maximum absolute atomic E-state index is 12.3. The molecule has 0 saturated carbocycles. The van der Waals surface area contributed by atoms with Crippen molar-refractivity contribution in [2.75, 3.05) is 33.4 Å². The second-order valence-electron chi connectivity index (χ2n) is 4.94. The number of benzene rings is 1. The Morgan fingerprint density at radius 2 is 1.76 bits per heavy atom. The molecule has 0 atom stereocenters. The van der Waals surface area contributed by atoms with Gasteiger partial charge in [0.1, 0.15) is 6.54 Å². The highest BCUT2D eigenvalue weighted by Gasteiger charge is 2.20. The summed E-state index contributed by atoms with van der Waals surface area (Å²) in [5.74, 6) is -1.16. The molecule has 0 aliphatic rings. The first-order chi connectivity index (χ1) is 11.7. The number of amides is 1. The maximum atomic E-state index is 12.3. The van der Waals surface area contributed by atoms with E-state index in [1.165, 1.54) is 25.2 Å². The van der Waals surface area contributed by atoms with E-state index in [0.717, 1.165) is 4.90 Å². The van der Waals surface area contributed by atoms with E-state index in [-0.39, 0.29) is 10.6 Å². The van der Waals surface area contributed by atoms with Crippen LogP contribution in [0.5, 0.6) is 11.5 Å². The van der Waals surface area contributed by atoms with Gasteiger partial charge in [-0.3, -0.25) is 9.59 Å². The zero-order valence-electron chi connectivity index (χ0n) is 14.3. The molecule has 0 aliphatic carbocycles. The van der Waals surface area contributed by atoms with Crippen molar-refractivity contribution in [3.8, 4) is 11.5 Å². The van der Waals surface area contributed by atoms with Crippen molar-refractivity contribution >= 4 is 21.9 Å². The summed E-state index contributed by atoms with van der Waals surface area (Å²) >= 11 is 0. The van der Waals surface area contributed by atoms with E-state index < -0.39 is 35.0 Å². The number of nitrogens with one attached hydrogen (secondary N) is 1. The minimum absolute atomic E-state index is 0.0897. The van der Waals surface area contributed by atoms with E-state index in [4.69, 9.17) is 14.6 Å². The van der Waals surface area contributed by atoms with Crippen LogP contribution in [0.4, 0.5) is 0 Å². The normalized spacial score (nSPS) is 11.0. The Morgan fingerprint density at radius 1 is 1.16 bits per heavy atom. The predicted molar refractivity (Wildman–Crippen MR) is 89.2 cm³/mol. The van der Waals surface area contributed by atoms with Crippen molar-refractivity contribution in [3.05, 3.63) is 18.2 Å². The Morgan fingerprint density at radius 3 is 2.32 bits per heavy atom. The van der Waals surface area contributed by atoms with Gasteiger partial charge in [-0.1, -0.05) is 0 Å². The highest BCUT2D eigenvalue weighted by atomic mass is 32.2. The topological polar surface area (TPSA) is 122 Å². The quantitative estimate of drug-likeness (QED) is 0.604. The number of carbonyl (C=O) groups excluding carboxylic acids is 1. The number of ether oxygens (including phenoxy) is 2. The SMILES string of the molecule is CCOc1ccc(S(=O)(=O)NCC(=O)N(C)CC(=O)O)cc1OCC. The van der Waals surface area contributed by atoms with Crippen LogP contribution in [0.25, 0.3) is 0 Å². The summed E-state index contributed by atoms with van der Waals surface area (Å²) in [7, 11) is -2.70. The predicted octanol–water partition coefficient (Wildman–Crippen LogP) is 0.305. The molecule has 0 bridgehead atoms. The number of carboxylic acids is 1. The van der Waals surface area contributed by atoms with E-state index >= 15 is 0 Å². The van der Waals surface area contributed by atoms with E-state index in [0.29, 0.717) is 19.0 Å². The number of rotatable bonds is 10. The van der Waals surface area contributed by atoms with Crippen LogP contribution in [-0.4, -0.2) is 63.7 Å². The number of carboxylic acid groups (broad SMARTS) is 1. The number of nitrogens with zero attached hydrogens (tertiary/aromatic N) is 1. The van der Waals surface area contributed by atoms with E-state index in [1.807, 2.05) is 0 Å². The first kappa shape index (κ1) is 20.7. The highest BCUT2D eigenvalue weighted by Crippen LogP contribution is 2.30. The number of carbonyl (C=O) groups is 2. The molecule has 140 valence electrons. The van der Waals surface area contributed by atoms with Crippen molar-refractivity contribution in [1.82, 2.24) is 9.62 Å². The Labute approximate surface area is 146 Å². The minimum atomic E-state index is -3.97. The third-order valence-corrected chi connectivity index (χ3v) is 4.44. The molecule has 0 spiro atoms. The third kappa shape index (κ3) is 6.24. The molecule has 0 aliphatic heterocycles. The first-order valence-corrected chi connectivity index (χ1v) is 9.04. The second kappa shape index (κ2) is 9.23. The fraction of sp³-hybridized carbons (Fsp3) is 0.467. The number of aliphatic carboxylic acids is 1. The van der Waals surface area contributed by atoms with Crippen LogP contribution in [0.2, 0.25) is 0 Å². The fourth-order valence-electron chi connectivity index (χ4n) is 1.86. The summed E-state index contributed by atoms with van der Waals surface area (Å²) in [4.78, 5) is 23.1. The molecule has 1 aromatic rings. The zero-order valence-corrected chi connectivity index (χ0v) is 15.1.